The molecule has 6 heteroatoms. The first-order chi connectivity index (χ1) is 10.6. The van der Waals surface area contributed by atoms with Gasteiger partial charge in [0.15, 0.2) is 0 Å². The molecule has 1 heterocycles. The van der Waals surface area contributed by atoms with Crippen LogP contribution in [0, 0.1) is 5.41 Å². The Morgan fingerprint density at radius 3 is 2.65 bits per heavy atom. The van der Waals surface area contributed by atoms with Gasteiger partial charge in [0.2, 0.25) is 0 Å². The Morgan fingerprint density at radius 1 is 1.35 bits per heavy atom. The van der Waals surface area contributed by atoms with Crippen LogP contribution in [-0.2, 0) is 17.0 Å². The zero-order valence-corrected chi connectivity index (χ0v) is 16.4. The van der Waals surface area contributed by atoms with E-state index in [1.54, 1.807) is 0 Å². The van der Waals surface area contributed by atoms with Crippen LogP contribution in [0.1, 0.15) is 66.5 Å². The summed E-state index contributed by atoms with van der Waals surface area (Å²) in [6, 6.07) is 0. The van der Waals surface area contributed by atoms with Crippen LogP contribution in [0.25, 0.3) is 0 Å². The van der Waals surface area contributed by atoms with Crippen LogP contribution in [0.4, 0.5) is 0 Å². The molecule has 1 rings (SSSR count). The lowest BCUT2D eigenvalue weighted by Crippen LogP contribution is -2.44. The summed E-state index contributed by atoms with van der Waals surface area (Å²) in [5.41, 5.74) is 6.75. The summed E-state index contributed by atoms with van der Waals surface area (Å²) in [4.78, 5) is 0. The topological polar surface area (TPSA) is 66.0 Å². The maximum atomic E-state index is 6.32. The second kappa shape index (κ2) is 9.04. The highest BCUT2D eigenvalue weighted by molar-refractivity contribution is 7.98. The van der Waals surface area contributed by atoms with Crippen molar-refractivity contribution in [2.45, 2.75) is 84.1 Å². The largest absolute Gasteiger partial charge is 0.361 e. The molecule has 5 nitrogen and oxygen atoms in total. The van der Waals surface area contributed by atoms with Crippen molar-refractivity contribution < 1.29 is 4.74 Å². The van der Waals surface area contributed by atoms with E-state index >= 15 is 0 Å². The fourth-order valence-electron chi connectivity index (χ4n) is 2.71. The second-order valence-corrected chi connectivity index (χ2v) is 9.16. The SMILES string of the molecule is CCCCOC(C)(N)CC(C)(C)Cc1cn(CSC(C)C)nn1. The van der Waals surface area contributed by atoms with Gasteiger partial charge in [0.05, 0.1) is 11.6 Å². The number of hydrogen-bond donors (Lipinski definition) is 1. The number of rotatable bonds is 11. The summed E-state index contributed by atoms with van der Waals surface area (Å²) in [5, 5.41) is 9.11. The van der Waals surface area contributed by atoms with Crippen LogP contribution in [0.5, 0.6) is 0 Å². The van der Waals surface area contributed by atoms with Crippen molar-refractivity contribution in [2.24, 2.45) is 11.1 Å². The molecule has 1 atom stereocenters. The van der Waals surface area contributed by atoms with Crippen molar-refractivity contribution >= 4 is 11.8 Å². The van der Waals surface area contributed by atoms with E-state index in [0.717, 1.165) is 43.9 Å². The lowest BCUT2D eigenvalue weighted by Gasteiger charge is -2.34. The summed E-state index contributed by atoms with van der Waals surface area (Å²) in [5.74, 6) is 0.847. The molecule has 0 bridgehead atoms. The van der Waals surface area contributed by atoms with Gasteiger partial charge >= 0.3 is 0 Å². The Labute approximate surface area is 145 Å². The van der Waals surface area contributed by atoms with Gasteiger partial charge < -0.3 is 10.5 Å². The molecule has 0 saturated heterocycles. The summed E-state index contributed by atoms with van der Waals surface area (Å²) in [6.45, 7) is 13.6. The molecule has 0 spiro atoms. The highest BCUT2D eigenvalue weighted by Crippen LogP contribution is 2.31. The Balaban J connectivity index is 2.53. The number of hydrogen-bond acceptors (Lipinski definition) is 5. The second-order valence-electron chi connectivity index (χ2n) is 7.63. The lowest BCUT2D eigenvalue weighted by molar-refractivity contribution is -0.0560. The molecule has 1 aromatic heterocycles. The van der Waals surface area contributed by atoms with Crippen LogP contribution >= 0.6 is 11.8 Å². The molecular weight excluding hydrogens is 308 g/mol. The van der Waals surface area contributed by atoms with Gasteiger partial charge in [0, 0.05) is 18.1 Å². The highest BCUT2D eigenvalue weighted by Gasteiger charge is 2.31. The summed E-state index contributed by atoms with van der Waals surface area (Å²) in [7, 11) is 0. The Hall–Kier alpha value is -0.590. The summed E-state index contributed by atoms with van der Waals surface area (Å²) < 4.78 is 7.76. The number of aromatic nitrogens is 3. The third kappa shape index (κ3) is 8.72. The van der Waals surface area contributed by atoms with E-state index in [1.165, 1.54) is 0 Å². The molecule has 2 N–H and O–H groups in total. The summed E-state index contributed by atoms with van der Waals surface area (Å²) >= 11 is 1.86. The molecule has 0 radical (unpaired) electrons. The van der Waals surface area contributed by atoms with E-state index in [-0.39, 0.29) is 5.41 Å². The van der Waals surface area contributed by atoms with Crippen molar-refractivity contribution in [3.63, 3.8) is 0 Å². The molecule has 0 amide bonds. The zero-order valence-electron chi connectivity index (χ0n) is 15.6. The van der Waals surface area contributed by atoms with Gasteiger partial charge in [-0.05, 0) is 31.6 Å². The number of unbranched alkanes of at least 4 members (excludes halogenated alkanes) is 1. The van der Waals surface area contributed by atoms with Crippen LogP contribution in [0.15, 0.2) is 6.20 Å². The first-order valence-electron chi connectivity index (χ1n) is 8.57. The molecule has 0 aromatic carbocycles. The molecule has 0 aliphatic rings. The number of nitrogens with two attached hydrogens (primary N) is 1. The summed E-state index contributed by atoms with van der Waals surface area (Å²) in [6.07, 6.45) is 5.86. The molecule has 0 fully saturated rings. The Kier molecular flexibility index (Phi) is 8.04. The van der Waals surface area contributed by atoms with Crippen molar-refractivity contribution in [1.82, 2.24) is 15.0 Å². The van der Waals surface area contributed by atoms with Crippen LogP contribution in [-0.4, -0.2) is 32.6 Å². The first-order valence-corrected chi connectivity index (χ1v) is 9.62. The van der Waals surface area contributed by atoms with E-state index in [4.69, 9.17) is 10.5 Å². The smallest absolute Gasteiger partial charge is 0.114 e. The van der Waals surface area contributed by atoms with Gasteiger partial charge in [-0.25, -0.2) is 4.68 Å². The molecule has 1 aromatic rings. The Morgan fingerprint density at radius 2 is 2.04 bits per heavy atom. The van der Waals surface area contributed by atoms with Gasteiger partial charge in [0.25, 0.3) is 0 Å². The van der Waals surface area contributed by atoms with Gasteiger partial charge in [-0.3, -0.25) is 0 Å². The molecule has 0 aliphatic carbocycles. The molecule has 23 heavy (non-hydrogen) atoms. The predicted octanol–water partition coefficient (Wildman–Crippen LogP) is 3.83. The van der Waals surface area contributed by atoms with Crippen LogP contribution in [0.2, 0.25) is 0 Å². The molecule has 134 valence electrons. The minimum absolute atomic E-state index is 0.0156. The predicted molar refractivity (Wildman–Crippen MR) is 98.3 cm³/mol. The minimum atomic E-state index is -0.595. The van der Waals surface area contributed by atoms with Crippen molar-refractivity contribution in [3.05, 3.63) is 11.9 Å². The zero-order chi connectivity index (χ0) is 17.5. The number of thioether (sulfide) groups is 1. The standard InChI is InChI=1S/C17H34N4OS/c1-7-8-9-22-17(6,18)12-16(4,5)10-15-11-21(20-19-15)13-23-14(2)3/h11,14H,7-10,12-13,18H2,1-6H3. The van der Waals surface area contributed by atoms with E-state index in [9.17, 15) is 0 Å². The minimum Gasteiger partial charge on any atom is -0.361 e. The molecule has 0 saturated carbocycles. The monoisotopic (exact) mass is 342 g/mol. The maximum Gasteiger partial charge on any atom is 0.114 e. The average Bonchev–Trinajstić information content (AvgIpc) is 2.81. The fourth-order valence-corrected chi connectivity index (χ4v) is 3.29. The molecular formula is C17H34N4OS. The first kappa shape index (κ1) is 20.5. The van der Waals surface area contributed by atoms with E-state index in [2.05, 4.69) is 44.9 Å². The van der Waals surface area contributed by atoms with E-state index in [1.807, 2.05) is 29.6 Å². The quantitative estimate of drug-likeness (QED) is 0.489. The number of nitrogens with zero attached hydrogens (tertiary/aromatic N) is 3. The van der Waals surface area contributed by atoms with Crippen molar-refractivity contribution in [3.8, 4) is 0 Å². The van der Waals surface area contributed by atoms with Crippen molar-refractivity contribution in [2.75, 3.05) is 6.61 Å². The van der Waals surface area contributed by atoms with E-state index in [0.29, 0.717) is 5.25 Å². The van der Waals surface area contributed by atoms with Crippen LogP contribution < -0.4 is 5.73 Å². The molecule has 1 unspecified atom stereocenters. The van der Waals surface area contributed by atoms with E-state index < -0.39 is 5.72 Å². The third-order valence-corrected chi connectivity index (χ3v) is 4.63. The average molecular weight is 343 g/mol. The maximum absolute atomic E-state index is 6.32. The third-order valence-electron chi connectivity index (χ3n) is 3.55. The van der Waals surface area contributed by atoms with Gasteiger partial charge in [-0.1, -0.05) is 46.3 Å². The van der Waals surface area contributed by atoms with Gasteiger partial charge in [-0.2, -0.15) is 0 Å². The van der Waals surface area contributed by atoms with Gasteiger partial charge in [0.1, 0.15) is 5.72 Å². The van der Waals surface area contributed by atoms with Crippen molar-refractivity contribution in [1.29, 1.82) is 0 Å². The fraction of sp³-hybridized carbons (Fsp3) is 0.882. The highest BCUT2D eigenvalue weighted by atomic mass is 32.2. The Bertz CT molecular complexity index is 457. The molecule has 0 aliphatic heterocycles. The van der Waals surface area contributed by atoms with Crippen LogP contribution in [0.3, 0.4) is 0 Å². The van der Waals surface area contributed by atoms with Gasteiger partial charge in [-0.15, -0.1) is 16.9 Å². The number of ether oxygens (including phenoxy) is 1. The lowest BCUT2D eigenvalue weighted by atomic mass is 9.81. The normalized spacial score (nSPS) is 15.1.